The van der Waals surface area contributed by atoms with Crippen molar-refractivity contribution in [2.24, 2.45) is 4.99 Å². The smallest absolute Gasteiger partial charge is 0.191 e. The fourth-order valence-electron chi connectivity index (χ4n) is 2.94. The summed E-state index contributed by atoms with van der Waals surface area (Å²) in [5, 5.41) is 7.79. The highest BCUT2D eigenvalue weighted by Crippen LogP contribution is 2.17. The lowest BCUT2D eigenvalue weighted by molar-refractivity contribution is 0.625. The molecular formula is C21H24FIN4S. The van der Waals surface area contributed by atoms with E-state index < -0.39 is 0 Å². The zero-order valence-electron chi connectivity index (χ0n) is 15.9. The quantitative estimate of drug-likeness (QED) is 0.286. The molecule has 0 radical (unpaired) electrons. The van der Waals surface area contributed by atoms with E-state index in [9.17, 15) is 4.39 Å². The molecule has 2 aromatic carbocycles. The van der Waals surface area contributed by atoms with Gasteiger partial charge < -0.3 is 10.6 Å². The molecule has 3 rings (SSSR count). The fourth-order valence-corrected chi connectivity index (χ4v) is 3.52. The molecule has 0 spiro atoms. The van der Waals surface area contributed by atoms with Crippen LogP contribution < -0.4 is 10.6 Å². The zero-order valence-corrected chi connectivity index (χ0v) is 19.1. The summed E-state index contributed by atoms with van der Waals surface area (Å²) in [6, 6.07) is 15.0. The van der Waals surface area contributed by atoms with Gasteiger partial charge in [0.25, 0.3) is 0 Å². The first-order valence-corrected chi connectivity index (χ1v) is 10.1. The van der Waals surface area contributed by atoms with Gasteiger partial charge in [-0.3, -0.25) is 9.98 Å². The van der Waals surface area contributed by atoms with Gasteiger partial charge in [-0.25, -0.2) is 4.39 Å². The van der Waals surface area contributed by atoms with E-state index in [1.165, 1.54) is 6.07 Å². The van der Waals surface area contributed by atoms with E-state index in [1.54, 1.807) is 24.9 Å². The van der Waals surface area contributed by atoms with Crippen molar-refractivity contribution in [1.82, 2.24) is 15.6 Å². The van der Waals surface area contributed by atoms with Crippen LogP contribution in [0.3, 0.4) is 0 Å². The number of hydrogen-bond donors (Lipinski definition) is 2. The van der Waals surface area contributed by atoms with Gasteiger partial charge in [0.05, 0.1) is 5.52 Å². The van der Waals surface area contributed by atoms with Crippen molar-refractivity contribution in [2.45, 2.75) is 18.8 Å². The molecule has 0 fully saturated rings. The first-order chi connectivity index (χ1) is 13.2. The lowest BCUT2D eigenvalue weighted by atomic mass is 10.1. The number of guanidine groups is 1. The molecule has 0 unspecified atom stereocenters. The average Bonchev–Trinajstić information content (AvgIpc) is 2.69. The summed E-state index contributed by atoms with van der Waals surface area (Å²) in [4.78, 5) is 8.68. The van der Waals surface area contributed by atoms with E-state index in [-0.39, 0.29) is 29.8 Å². The Kier molecular flexibility index (Phi) is 8.98. The van der Waals surface area contributed by atoms with Crippen LogP contribution in [0.5, 0.6) is 0 Å². The van der Waals surface area contributed by atoms with E-state index in [2.05, 4.69) is 26.7 Å². The van der Waals surface area contributed by atoms with Crippen LogP contribution in [0.2, 0.25) is 0 Å². The number of hydrogen-bond acceptors (Lipinski definition) is 3. The number of pyridine rings is 1. The van der Waals surface area contributed by atoms with Crippen LogP contribution in [0.25, 0.3) is 10.9 Å². The molecule has 1 aromatic heterocycles. The Balaban J connectivity index is 0.00000280. The Morgan fingerprint density at radius 1 is 1.04 bits per heavy atom. The molecule has 0 aliphatic carbocycles. The molecule has 2 N–H and O–H groups in total. The second-order valence-electron chi connectivity index (χ2n) is 6.11. The number of aromatic nitrogens is 1. The molecule has 3 aromatic rings. The van der Waals surface area contributed by atoms with E-state index >= 15 is 0 Å². The predicted molar refractivity (Wildman–Crippen MR) is 128 cm³/mol. The van der Waals surface area contributed by atoms with E-state index in [4.69, 9.17) is 0 Å². The fraction of sp³-hybridized carbons (Fsp3) is 0.238. The molecule has 0 aliphatic heterocycles. The molecule has 0 aliphatic rings. The Hall–Kier alpha value is -1.87. The van der Waals surface area contributed by atoms with Crippen LogP contribution in [0.15, 0.2) is 59.7 Å². The summed E-state index contributed by atoms with van der Waals surface area (Å²) in [6.07, 6.45) is 3.84. The number of aliphatic imine (C=N–C) groups is 1. The van der Waals surface area contributed by atoms with Crippen LogP contribution >= 0.6 is 35.7 Å². The van der Waals surface area contributed by atoms with Crippen molar-refractivity contribution >= 4 is 52.6 Å². The summed E-state index contributed by atoms with van der Waals surface area (Å²) in [6.45, 7) is 1.23. The second kappa shape index (κ2) is 11.2. The van der Waals surface area contributed by atoms with Crippen molar-refractivity contribution in [3.63, 3.8) is 0 Å². The monoisotopic (exact) mass is 510 g/mol. The van der Waals surface area contributed by atoms with Gasteiger partial charge in [0.15, 0.2) is 5.96 Å². The molecule has 0 saturated heterocycles. The van der Waals surface area contributed by atoms with Crippen LogP contribution in [0.1, 0.15) is 16.7 Å². The van der Waals surface area contributed by atoms with Gasteiger partial charge in [-0.2, -0.15) is 11.8 Å². The maximum absolute atomic E-state index is 13.5. The van der Waals surface area contributed by atoms with Crippen molar-refractivity contribution in [1.29, 1.82) is 0 Å². The lowest BCUT2D eigenvalue weighted by Crippen LogP contribution is -2.36. The third-order valence-corrected chi connectivity index (χ3v) is 4.92. The summed E-state index contributed by atoms with van der Waals surface area (Å²) < 4.78 is 13.5. The molecule has 7 heteroatoms. The predicted octanol–water partition coefficient (Wildman–Crippen LogP) is 4.72. The average molecular weight is 510 g/mol. The van der Waals surface area contributed by atoms with Crippen molar-refractivity contribution in [3.05, 3.63) is 77.2 Å². The largest absolute Gasteiger partial charge is 0.352 e. The number of nitrogens with one attached hydrogen (secondary N) is 2. The van der Waals surface area contributed by atoms with E-state index in [1.807, 2.05) is 42.8 Å². The molecule has 28 heavy (non-hydrogen) atoms. The summed E-state index contributed by atoms with van der Waals surface area (Å²) >= 11 is 1.68. The number of benzene rings is 2. The molecule has 0 amide bonds. The summed E-state index contributed by atoms with van der Waals surface area (Å²) in [5.41, 5.74) is 4.22. The first kappa shape index (κ1) is 22.4. The molecule has 4 nitrogen and oxygen atoms in total. The normalized spacial score (nSPS) is 11.2. The third kappa shape index (κ3) is 5.81. The standard InChI is InChI=1S/C21H23FN4S.HI/c1-23-21(25-12-15-7-8-18(22)11-17(15)14-27-2)26-13-16-9-10-24-20-6-4-3-5-19(16)20;/h3-11H,12-14H2,1-2H3,(H2,23,25,26);1H. The molecule has 0 saturated carbocycles. The van der Waals surface area contributed by atoms with Gasteiger partial charge in [0.1, 0.15) is 5.82 Å². The van der Waals surface area contributed by atoms with E-state index in [0.29, 0.717) is 19.0 Å². The lowest BCUT2D eigenvalue weighted by Gasteiger charge is -2.15. The summed E-state index contributed by atoms with van der Waals surface area (Å²) in [7, 11) is 1.74. The molecule has 1 heterocycles. The highest BCUT2D eigenvalue weighted by Gasteiger charge is 2.07. The molecule has 0 bridgehead atoms. The highest BCUT2D eigenvalue weighted by molar-refractivity contribution is 14.0. The third-order valence-electron chi connectivity index (χ3n) is 4.32. The van der Waals surface area contributed by atoms with Gasteiger partial charge in [-0.15, -0.1) is 24.0 Å². The van der Waals surface area contributed by atoms with E-state index in [0.717, 1.165) is 33.3 Å². The minimum Gasteiger partial charge on any atom is -0.352 e. The van der Waals surface area contributed by atoms with Crippen molar-refractivity contribution < 1.29 is 4.39 Å². The molecule has 148 valence electrons. The van der Waals surface area contributed by atoms with Crippen LogP contribution in [-0.4, -0.2) is 24.2 Å². The Labute approximate surface area is 186 Å². The minimum atomic E-state index is -0.199. The number of rotatable bonds is 6. The van der Waals surface area contributed by atoms with Crippen molar-refractivity contribution in [2.75, 3.05) is 13.3 Å². The number of para-hydroxylation sites is 1. The number of fused-ring (bicyclic) bond motifs is 1. The number of thioether (sulfide) groups is 1. The number of halogens is 2. The maximum Gasteiger partial charge on any atom is 0.191 e. The van der Waals surface area contributed by atoms with Gasteiger partial charge in [0, 0.05) is 37.5 Å². The maximum atomic E-state index is 13.5. The highest BCUT2D eigenvalue weighted by atomic mass is 127. The van der Waals surface area contributed by atoms with Crippen molar-refractivity contribution in [3.8, 4) is 0 Å². The Bertz CT molecular complexity index is 943. The topological polar surface area (TPSA) is 49.3 Å². The van der Waals surface area contributed by atoms with Gasteiger partial charge >= 0.3 is 0 Å². The second-order valence-corrected chi connectivity index (χ2v) is 6.98. The van der Waals surface area contributed by atoms with Gasteiger partial charge in [-0.05, 0) is 47.2 Å². The Morgan fingerprint density at radius 2 is 1.79 bits per heavy atom. The summed E-state index contributed by atoms with van der Waals surface area (Å²) in [5.74, 6) is 1.29. The zero-order chi connectivity index (χ0) is 19.1. The molecular weight excluding hydrogens is 486 g/mol. The van der Waals surface area contributed by atoms with Gasteiger partial charge in [-0.1, -0.05) is 24.3 Å². The van der Waals surface area contributed by atoms with Crippen LogP contribution in [-0.2, 0) is 18.8 Å². The SMILES string of the molecule is CN=C(NCc1ccc(F)cc1CSC)NCc1ccnc2ccccc12.I. The number of nitrogens with zero attached hydrogens (tertiary/aromatic N) is 2. The molecule has 0 atom stereocenters. The van der Waals surface area contributed by atoms with Crippen LogP contribution in [0, 0.1) is 5.82 Å². The minimum absolute atomic E-state index is 0. The van der Waals surface area contributed by atoms with Crippen LogP contribution in [0.4, 0.5) is 4.39 Å². The first-order valence-electron chi connectivity index (χ1n) is 8.74. The Morgan fingerprint density at radius 3 is 2.54 bits per heavy atom. The van der Waals surface area contributed by atoms with Gasteiger partial charge in [0.2, 0.25) is 0 Å².